The zero-order valence-corrected chi connectivity index (χ0v) is 15.7. The number of benzene rings is 2. The first-order chi connectivity index (χ1) is 13.0. The molecule has 5 heteroatoms. The van der Waals surface area contributed by atoms with Crippen LogP contribution in [0.2, 0.25) is 0 Å². The molecule has 0 spiro atoms. The highest BCUT2D eigenvalue weighted by Crippen LogP contribution is 2.25. The molecule has 27 heavy (non-hydrogen) atoms. The molecule has 142 valence electrons. The first kappa shape index (κ1) is 19.0. The maximum absolute atomic E-state index is 12.7. The summed E-state index contributed by atoms with van der Waals surface area (Å²) in [5.74, 6) is 0.191. The summed E-state index contributed by atoms with van der Waals surface area (Å²) in [6.45, 7) is 3.31. The van der Waals surface area contributed by atoms with E-state index in [0.29, 0.717) is 5.75 Å². The minimum atomic E-state index is -0.686. The quantitative estimate of drug-likeness (QED) is 0.878. The average Bonchev–Trinajstić information content (AvgIpc) is 2.97. The summed E-state index contributed by atoms with van der Waals surface area (Å²) < 4.78 is 5.56. The van der Waals surface area contributed by atoms with E-state index in [1.165, 1.54) is 12.8 Å². The number of hydrogen-bond donors (Lipinski definition) is 1. The van der Waals surface area contributed by atoms with Crippen molar-refractivity contribution in [2.24, 2.45) is 5.73 Å². The number of rotatable bonds is 5. The third kappa shape index (κ3) is 4.88. The van der Waals surface area contributed by atoms with Gasteiger partial charge >= 0.3 is 0 Å². The van der Waals surface area contributed by atoms with Crippen LogP contribution in [0.4, 0.5) is 0 Å². The van der Waals surface area contributed by atoms with E-state index < -0.39 is 12.0 Å². The SMILES string of the molecule is C[C@@H](Oc1cccc(-c2ccc(C(=O)N3CCCCCC3)cc2)c1)C(N)=O. The number of nitrogens with zero attached hydrogens (tertiary/aromatic N) is 1. The zero-order chi connectivity index (χ0) is 19.2. The molecular formula is C22H26N2O3. The molecule has 2 amide bonds. The molecule has 0 radical (unpaired) electrons. The first-order valence-corrected chi connectivity index (χ1v) is 9.50. The van der Waals surface area contributed by atoms with Gasteiger partial charge in [-0.05, 0) is 55.2 Å². The Morgan fingerprint density at radius 1 is 0.963 bits per heavy atom. The predicted octanol–water partition coefficient (Wildman–Crippen LogP) is 3.62. The van der Waals surface area contributed by atoms with Gasteiger partial charge in [0.1, 0.15) is 5.75 Å². The summed E-state index contributed by atoms with van der Waals surface area (Å²) in [4.78, 5) is 25.8. The van der Waals surface area contributed by atoms with Gasteiger partial charge in [-0.15, -0.1) is 0 Å². The molecule has 0 unspecified atom stereocenters. The summed E-state index contributed by atoms with van der Waals surface area (Å²) in [7, 11) is 0. The van der Waals surface area contributed by atoms with Gasteiger partial charge in [-0.25, -0.2) is 0 Å². The van der Waals surface area contributed by atoms with Crippen LogP contribution in [-0.4, -0.2) is 35.9 Å². The molecular weight excluding hydrogens is 340 g/mol. The highest BCUT2D eigenvalue weighted by molar-refractivity contribution is 5.94. The van der Waals surface area contributed by atoms with Crippen LogP contribution in [-0.2, 0) is 4.79 Å². The van der Waals surface area contributed by atoms with E-state index in [9.17, 15) is 9.59 Å². The molecule has 0 aliphatic carbocycles. The first-order valence-electron chi connectivity index (χ1n) is 9.50. The molecule has 0 saturated carbocycles. The van der Waals surface area contributed by atoms with Crippen LogP contribution in [0.3, 0.4) is 0 Å². The number of carbonyl (C=O) groups excluding carboxylic acids is 2. The molecule has 0 bridgehead atoms. The second-order valence-electron chi connectivity index (χ2n) is 6.97. The van der Waals surface area contributed by atoms with Crippen LogP contribution in [0.5, 0.6) is 5.75 Å². The number of primary amides is 1. The third-order valence-corrected chi connectivity index (χ3v) is 4.91. The van der Waals surface area contributed by atoms with E-state index in [2.05, 4.69) is 0 Å². The molecule has 1 heterocycles. The van der Waals surface area contributed by atoms with Crippen LogP contribution in [0, 0.1) is 0 Å². The summed E-state index contributed by atoms with van der Waals surface area (Å²) in [6.07, 6.45) is 3.89. The Morgan fingerprint density at radius 3 is 2.26 bits per heavy atom. The van der Waals surface area contributed by atoms with E-state index >= 15 is 0 Å². The van der Waals surface area contributed by atoms with Gasteiger partial charge in [-0.1, -0.05) is 37.1 Å². The van der Waals surface area contributed by atoms with Crippen LogP contribution >= 0.6 is 0 Å². The predicted molar refractivity (Wildman–Crippen MR) is 106 cm³/mol. The van der Waals surface area contributed by atoms with E-state index in [4.69, 9.17) is 10.5 Å². The number of nitrogens with two attached hydrogens (primary N) is 1. The fourth-order valence-corrected chi connectivity index (χ4v) is 3.27. The van der Waals surface area contributed by atoms with Gasteiger partial charge in [-0.2, -0.15) is 0 Å². The molecule has 1 saturated heterocycles. The topological polar surface area (TPSA) is 72.6 Å². The Morgan fingerprint density at radius 2 is 1.63 bits per heavy atom. The van der Waals surface area contributed by atoms with Crippen molar-refractivity contribution >= 4 is 11.8 Å². The molecule has 2 N–H and O–H groups in total. The maximum atomic E-state index is 12.7. The standard InChI is InChI=1S/C22H26N2O3/c1-16(21(23)25)27-20-8-6-7-19(15-20)17-9-11-18(12-10-17)22(26)24-13-4-2-3-5-14-24/h6-12,15-16H,2-5,13-14H2,1H3,(H2,23,25)/t16-/m1/s1. The minimum absolute atomic E-state index is 0.107. The maximum Gasteiger partial charge on any atom is 0.258 e. The van der Waals surface area contributed by atoms with E-state index in [0.717, 1.165) is 42.6 Å². The number of ether oxygens (including phenoxy) is 1. The molecule has 1 aliphatic rings. The van der Waals surface area contributed by atoms with Gasteiger partial charge < -0.3 is 15.4 Å². The fraction of sp³-hybridized carbons (Fsp3) is 0.364. The normalized spacial score (nSPS) is 15.7. The monoisotopic (exact) mass is 366 g/mol. The Labute approximate surface area is 160 Å². The summed E-state index contributed by atoms with van der Waals surface area (Å²) in [5, 5.41) is 0. The molecule has 2 aromatic rings. The largest absolute Gasteiger partial charge is 0.481 e. The van der Waals surface area contributed by atoms with Gasteiger partial charge in [0.25, 0.3) is 11.8 Å². The highest BCUT2D eigenvalue weighted by Gasteiger charge is 2.17. The van der Waals surface area contributed by atoms with Crippen LogP contribution < -0.4 is 10.5 Å². The second kappa shape index (κ2) is 8.71. The smallest absolute Gasteiger partial charge is 0.258 e. The zero-order valence-electron chi connectivity index (χ0n) is 15.7. The van der Waals surface area contributed by atoms with Crippen molar-refractivity contribution in [2.75, 3.05) is 13.1 Å². The van der Waals surface area contributed by atoms with E-state index in [1.807, 2.05) is 47.4 Å². The Kier molecular flexibility index (Phi) is 6.12. The second-order valence-corrected chi connectivity index (χ2v) is 6.97. The van der Waals surface area contributed by atoms with Crippen molar-refractivity contribution in [1.82, 2.24) is 4.90 Å². The van der Waals surface area contributed by atoms with Crippen molar-refractivity contribution in [3.8, 4) is 16.9 Å². The molecule has 3 rings (SSSR count). The Bertz CT molecular complexity index is 793. The minimum Gasteiger partial charge on any atom is -0.481 e. The Balaban J connectivity index is 1.73. The van der Waals surface area contributed by atoms with E-state index in [-0.39, 0.29) is 5.91 Å². The lowest BCUT2D eigenvalue weighted by atomic mass is 10.0. The fourth-order valence-electron chi connectivity index (χ4n) is 3.27. The van der Waals surface area contributed by atoms with Gasteiger partial charge in [0.15, 0.2) is 6.10 Å². The average molecular weight is 366 g/mol. The number of amides is 2. The number of hydrogen-bond acceptors (Lipinski definition) is 3. The number of carbonyl (C=O) groups is 2. The number of likely N-dealkylation sites (tertiary alicyclic amines) is 1. The lowest BCUT2D eigenvalue weighted by Gasteiger charge is -2.20. The van der Waals surface area contributed by atoms with Crippen molar-refractivity contribution in [2.45, 2.75) is 38.7 Å². The van der Waals surface area contributed by atoms with Gasteiger partial charge in [0.2, 0.25) is 0 Å². The van der Waals surface area contributed by atoms with Gasteiger partial charge in [0.05, 0.1) is 0 Å². The van der Waals surface area contributed by atoms with Gasteiger partial charge in [0, 0.05) is 18.7 Å². The van der Waals surface area contributed by atoms with Crippen LogP contribution in [0.25, 0.3) is 11.1 Å². The van der Waals surface area contributed by atoms with Crippen molar-refractivity contribution in [1.29, 1.82) is 0 Å². The molecule has 1 fully saturated rings. The molecule has 2 aromatic carbocycles. The highest BCUT2D eigenvalue weighted by atomic mass is 16.5. The molecule has 5 nitrogen and oxygen atoms in total. The summed E-state index contributed by atoms with van der Waals surface area (Å²) in [5.41, 5.74) is 7.91. The van der Waals surface area contributed by atoms with Crippen molar-refractivity contribution in [3.05, 3.63) is 54.1 Å². The lowest BCUT2D eigenvalue weighted by molar-refractivity contribution is -0.123. The van der Waals surface area contributed by atoms with Crippen LogP contribution in [0.1, 0.15) is 43.0 Å². The molecule has 0 aromatic heterocycles. The summed E-state index contributed by atoms with van der Waals surface area (Å²) in [6, 6.07) is 15.1. The van der Waals surface area contributed by atoms with Crippen LogP contribution in [0.15, 0.2) is 48.5 Å². The Hall–Kier alpha value is -2.82. The van der Waals surface area contributed by atoms with Crippen molar-refractivity contribution < 1.29 is 14.3 Å². The molecule has 1 atom stereocenters. The van der Waals surface area contributed by atoms with Crippen molar-refractivity contribution in [3.63, 3.8) is 0 Å². The summed E-state index contributed by atoms with van der Waals surface area (Å²) >= 11 is 0. The lowest BCUT2D eigenvalue weighted by Crippen LogP contribution is -2.31. The third-order valence-electron chi connectivity index (χ3n) is 4.91. The molecule has 1 aliphatic heterocycles. The van der Waals surface area contributed by atoms with Gasteiger partial charge in [-0.3, -0.25) is 9.59 Å². The van der Waals surface area contributed by atoms with E-state index in [1.54, 1.807) is 13.0 Å².